The van der Waals surface area contributed by atoms with Crippen molar-refractivity contribution < 1.29 is 0 Å². The lowest BCUT2D eigenvalue weighted by Gasteiger charge is -2.30. The van der Waals surface area contributed by atoms with E-state index >= 15 is 0 Å². The number of hydrogen-bond donors (Lipinski definition) is 1. The lowest BCUT2D eigenvalue weighted by molar-refractivity contribution is 0.340. The van der Waals surface area contributed by atoms with Crippen molar-refractivity contribution in [3.05, 3.63) is 0 Å². The standard InChI is InChI=1S/C12H23N3S3/c1-7-13-9-14-15-10(16-9)17-18-12(5,6)8-11(2,3)4/h7-8H2,1-6H3,(H,13,14). The van der Waals surface area contributed by atoms with Crippen LogP contribution in [0.25, 0.3) is 0 Å². The number of nitrogens with one attached hydrogen (secondary N) is 1. The van der Waals surface area contributed by atoms with Crippen molar-refractivity contribution in [1.82, 2.24) is 10.2 Å². The van der Waals surface area contributed by atoms with Crippen LogP contribution >= 0.6 is 32.9 Å². The van der Waals surface area contributed by atoms with E-state index in [1.807, 2.05) is 10.8 Å². The van der Waals surface area contributed by atoms with E-state index in [1.165, 1.54) is 6.42 Å². The van der Waals surface area contributed by atoms with Gasteiger partial charge in [-0.25, -0.2) is 0 Å². The van der Waals surface area contributed by atoms with Crippen LogP contribution in [0.5, 0.6) is 0 Å². The van der Waals surface area contributed by atoms with E-state index in [-0.39, 0.29) is 4.75 Å². The van der Waals surface area contributed by atoms with Crippen LogP contribution in [0.4, 0.5) is 5.13 Å². The molecule has 3 nitrogen and oxygen atoms in total. The summed E-state index contributed by atoms with van der Waals surface area (Å²) < 4.78 is 1.27. The molecule has 1 aromatic rings. The molecule has 0 bridgehead atoms. The zero-order chi connectivity index (χ0) is 13.8. The molecule has 0 aliphatic carbocycles. The van der Waals surface area contributed by atoms with E-state index in [9.17, 15) is 0 Å². The number of anilines is 1. The van der Waals surface area contributed by atoms with Gasteiger partial charge in [0.2, 0.25) is 5.13 Å². The maximum absolute atomic E-state index is 4.18. The second kappa shape index (κ2) is 6.48. The molecule has 0 fully saturated rings. The van der Waals surface area contributed by atoms with Gasteiger partial charge >= 0.3 is 0 Å². The highest BCUT2D eigenvalue weighted by Gasteiger charge is 2.27. The SMILES string of the molecule is CCNc1nnc(SSC(C)(C)CC(C)(C)C)s1. The molecule has 0 saturated carbocycles. The summed E-state index contributed by atoms with van der Waals surface area (Å²) in [6.07, 6.45) is 1.18. The molecule has 1 heterocycles. The molecule has 0 aliphatic rings. The Kier molecular flexibility index (Phi) is 5.80. The van der Waals surface area contributed by atoms with E-state index in [0.29, 0.717) is 5.41 Å². The van der Waals surface area contributed by atoms with E-state index in [4.69, 9.17) is 0 Å². The predicted molar refractivity (Wildman–Crippen MR) is 85.7 cm³/mol. The highest BCUT2D eigenvalue weighted by Crippen LogP contribution is 2.46. The first-order valence-electron chi connectivity index (χ1n) is 6.15. The van der Waals surface area contributed by atoms with Gasteiger partial charge in [-0.15, -0.1) is 10.2 Å². The molecular formula is C12H23N3S3. The summed E-state index contributed by atoms with van der Waals surface area (Å²) in [5.41, 5.74) is 0.354. The van der Waals surface area contributed by atoms with Crippen LogP contribution in [0.1, 0.15) is 48.0 Å². The maximum Gasteiger partial charge on any atom is 0.206 e. The third-order valence-corrected chi connectivity index (χ3v) is 6.50. The minimum Gasteiger partial charge on any atom is -0.360 e. The first-order chi connectivity index (χ1) is 8.22. The van der Waals surface area contributed by atoms with Crippen molar-refractivity contribution in [1.29, 1.82) is 0 Å². The molecule has 1 rings (SSSR count). The first kappa shape index (κ1) is 16.1. The molecule has 0 amide bonds. The molecule has 0 spiro atoms. The van der Waals surface area contributed by atoms with Crippen molar-refractivity contribution in [2.75, 3.05) is 11.9 Å². The van der Waals surface area contributed by atoms with Gasteiger partial charge in [-0.1, -0.05) is 42.9 Å². The highest BCUT2D eigenvalue weighted by molar-refractivity contribution is 8.77. The van der Waals surface area contributed by atoms with Gasteiger partial charge in [0.05, 0.1) is 0 Å². The van der Waals surface area contributed by atoms with Gasteiger partial charge in [-0.3, -0.25) is 0 Å². The fourth-order valence-corrected chi connectivity index (χ4v) is 5.48. The van der Waals surface area contributed by atoms with Crippen LogP contribution in [0.2, 0.25) is 0 Å². The summed E-state index contributed by atoms with van der Waals surface area (Å²) in [7, 11) is 3.62. The highest BCUT2D eigenvalue weighted by atomic mass is 33.1. The van der Waals surface area contributed by atoms with E-state index in [2.05, 4.69) is 57.1 Å². The van der Waals surface area contributed by atoms with Crippen molar-refractivity contribution in [3.8, 4) is 0 Å². The third kappa shape index (κ3) is 6.29. The molecule has 0 unspecified atom stereocenters. The molecule has 6 heteroatoms. The van der Waals surface area contributed by atoms with Crippen LogP contribution in [-0.2, 0) is 0 Å². The first-order valence-corrected chi connectivity index (χ1v) is 9.11. The van der Waals surface area contributed by atoms with E-state index < -0.39 is 0 Å². The number of rotatable bonds is 6. The summed E-state index contributed by atoms with van der Waals surface area (Å²) in [5.74, 6) is 0. The van der Waals surface area contributed by atoms with Gasteiger partial charge in [0.25, 0.3) is 0 Å². The van der Waals surface area contributed by atoms with Gasteiger partial charge in [-0.05, 0) is 43.4 Å². The Bertz CT molecular complexity index is 369. The van der Waals surface area contributed by atoms with Crippen molar-refractivity contribution in [3.63, 3.8) is 0 Å². The minimum atomic E-state index is 0.243. The maximum atomic E-state index is 4.18. The Morgan fingerprint density at radius 1 is 1.17 bits per heavy atom. The Morgan fingerprint density at radius 2 is 1.83 bits per heavy atom. The molecule has 0 radical (unpaired) electrons. The molecular weight excluding hydrogens is 282 g/mol. The number of aromatic nitrogens is 2. The zero-order valence-electron chi connectivity index (χ0n) is 12.0. The van der Waals surface area contributed by atoms with Crippen molar-refractivity contribution >= 4 is 38.1 Å². The van der Waals surface area contributed by atoms with Crippen LogP contribution < -0.4 is 5.32 Å². The Hall–Kier alpha value is 0.0600. The molecule has 104 valence electrons. The molecule has 0 saturated heterocycles. The number of nitrogens with zero attached hydrogens (tertiary/aromatic N) is 2. The Labute approximate surface area is 122 Å². The van der Waals surface area contributed by atoms with Crippen LogP contribution in [0.15, 0.2) is 4.34 Å². The summed E-state index contributed by atoms with van der Waals surface area (Å²) >= 11 is 1.62. The van der Waals surface area contributed by atoms with Crippen LogP contribution in [0.3, 0.4) is 0 Å². The second-order valence-electron chi connectivity index (χ2n) is 6.07. The van der Waals surface area contributed by atoms with Crippen molar-refractivity contribution in [2.45, 2.75) is 57.0 Å². The lowest BCUT2D eigenvalue weighted by Crippen LogP contribution is -2.22. The molecule has 1 aromatic heterocycles. The van der Waals surface area contributed by atoms with Crippen LogP contribution in [-0.4, -0.2) is 21.5 Å². The summed E-state index contributed by atoms with van der Waals surface area (Å²) in [4.78, 5) is 0. The molecule has 0 atom stereocenters. The zero-order valence-corrected chi connectivity index (χ0v) is 14.5. The lowest BCUT2D eigenvalue weighted by atomic mass is 9.86. The molecule has 0 aromatic carbocycles. The van der Waals surface area contributed by atoms with Gasteiger partial charge in [-0.2, -0.15) is 0 Å². The quantitative estimate of drug-likeness (QED) is 0.755. The van der Waals surface area contributed by atoms with Gasteiger partial charge < -0.3 is 5.32 Å². The normalized spacial score (nSPS) is 12.8. The average Bonchev–Trinajstić information content (AvgIpc) is 2.60. The minimum absolute atomic E-state index is 0.243. The monoisotopic (exact) mass is 305 g/mol. The van der Waals surface area contributed by atoms with Gasteiger partial charge in [0.1, 0.15) is 0 Å². The van der Waals surface area contributed by atoms with Crippen molar-refractivity contribution in [2.24, 2.45) is 5.41 Å². The predicted octanol–water partition coefficient (Wildman–Crippen LogP) is 4.93. The van der Waals surface area contributed by atoms with E-state index in [1.54, 1.807) is 22.1 Å². The van der Waals surface area contributed by atoms with E-state index in [0.717, 1.165) is 16.0 Å². The third-order valence-electron chi connectivity index (χ3n) is 2.03. The fraction of sp³-hybridized carbons (Fsp3) is 0.833. The summed E-state index contributed by atoms with van der Waals surface area (Å²) in [6, 6.07) is 0. The fourth-order valence-electron chi connectivity index (χ4n) is 1.92. The Morgan fingerprint density at radius 3 is 2.39 bits per heavy atom. The largest absolute Gasteiger partial charge is 0.360 e. The molecule has 18 heavy (non-hydrogen) atoms. The average molecular weight is 306 g/mol. The number of hydrogen-bond acceptors (Lipinski definition) is 6. The molecule has 0 aliphatic heterocycles. The summed E-state index contributed by atoms with van der Waals surface area (Å²) in [5, 5.41) is 12.4. The van der Waals surface area contributed by atoms with Crippen LogP contribution in [0, 0.1) is 5.41 Å². The topological polar surface area (TPSA) is 37.8 Å². The smallest absolute Gasteiger partial charge is 0.206 e. The second-order valence-corrected chi connectivity index (χ2v) is 10.1. The Balaban J connectivity index is 2.48. The summed E-state index contributed by atoms with van der Waals surface area (Å²) in [6.45, 7) is 14.4. The van der Waals surface area contributed by atoms with Gasteiger partial charge in [0, 0.05) is 11.3 Å². The van der Waals surface area contributed by atoms with Gasteiger partial charge in [0.15, 0.2) is 4.34 Å². The molecule has 1 N–H and O–H groups in total.